The summed E-state index contributed by atoms with van der Waals surface area (Å²) in [5, 5.41) is 0. The molecule has 0 saturated heterocycles. The van der Waals surface area contributed by atoms with Gasteiger partial charge in [-0.25, -0.2) is 0 Å². The highest BCUT2D eigenvalue weighted by Gasteiger charge is 2.30. The van der Waals surface area contributed by atoms with Gasteiger partial charge in [-0.3, -0.25) is 0 Å². The smallest absolute Gasteiger partial charge is 0.378 e. The maximum atomic E-state index is 12.7. The summed E-state index contributed by atoms with van der Waals surface area (Å²) in [7, 11) is 3.79. The Hall–Kier alpha value is -1.97. The molecular formula is C15H14F3N. The Balaban J connectivity index is 2.45. The molecule has 0 fully saturated rings. The predicted molar refractivity (Wildman–Crippen MR) is 71.2 cm³/mol. The molecule has 19 heavy (non-hydrogen) atoms. The number of halogens is 3. The SMILES string of the molecule is CN(C)c1cccc(-c2cccc(C(F)(F)F)c2)c1. The van der Waals surface area contributed by atoms with E-state index in [-0.39, 0.29) is 0 Å². The minimum atomic E-state index is -4.31. The highest BCUT2D eigenvalue weighted by atomic mass is 19.4. The van der Waals surface area contributed by atoms with Crippen LogP contribution in [0.3, 0.4) is 0 Å². The van der Waals surface area contributed by atoms with E-state index in [9.17, 15) is 13.2 Å². The zero-order valence-electron chi connectivity index (χ0n) is 10.7. The fourth-order valence-electron chi connectivity index (χ4n) is 1.84. The third kappa shape index (κ3) is 3.08. The van der Waals surface area contributed by atoms with Crippen LogP contribution in [0.4, 0.5) is 18.9 Å². The van der Waals surface area contributed by atoms with Crippen molar-refractivity contribution in [1.29, 1.82) is 0 Å². The van der Waals surface area contributed by atoms with Gasteiger partial charge in [0.15, 0.2) is 0 Å². The molecule has 0 spiro atoms. The maximum Gasteiger partial charge on any atom is 0.416 e. The van der Waals surface area contributed by atoms with E-state index in [4.69, 9.17) is 0 Å². The molecule has 0 aliphatic rings. The Bertz CT molecular complexity index is 574. The molecule has 0 aromatic heterocycles. The van der Waals surface area contributed by atoms with E-state index in [1.54, 1.807) is 6.07 Å². The molecular weight excluding hydrogens is 251 g/mol. The first-order chi connectivity index (χ1) is 8.88. The van der Waals surface area contributed by atoms with Crippen molar-refractivity contribution in [3.63, 3.8) is 0 Å². The summed E-state index contributed by atoms with van der Waals surface area (Å²) in [5.74, 6) is 0. The molecule has 4 heteroatoms. The summed E-state index contributed by atoms with van der Waals surface area (Å²) in [6.45, 7) is 0. The molecule has 100 valence electrons. The summed E-state index contributed by atoms with van der Waals surface area (Å²) in [6.07, 6.45) is -4.31. The first-order valence-corrected chi connectivity index (χ1v) is 5.83. The van der Waals surface area contributed by atoms with Gasteiger partial charge in [-0.2, -0.15) is 13.2 Å². The Kier molecular flexibility index (Phi) is 3.51. The minimum Gasteiger partial charge on any atom is -0.378 e. The lowest BCUT2D eigenvalue weighted by atomic mass is 10.0. The van der Waals surface area contributed by atoms with E-state index in [2.05, 4.69) is 0 Å². The lowest BCUT2D eigenvalue weighted by Gasteiger charge is -2.14. The van der Waals surface area contributed by atoms with Crippen LogP contribution in [0, 0.1) is 0 Å². The van der Waals surface area contributed by atoms with Crippen LogP contribution in [-0.4, -0.2) is 14.1 Å². The monoisotopic (exact) mass is 265 g/mol. The van der Waals surface area contributed by atoms with Gasteiger partial charge in [0.25, 0.3) is 0 Å². The zero-order chi connectivity index (χ0) is 14.0. The third-order valence-electron chi connectivity index (χ3n) is 2.89. The number of anilines is 1. The van der Waals surface area contributed by atoms with Crippen molar-refractivity contribution >= 4 is 5.69 Å². The van der Waals surface area contributed by atoms with Crippen molar-refractivity contribution in [1.82, 2.24) is 0 Å². The summed E-state index contributed by atoms with van der Waals surface area (Å²) in [6, 6.07) is 12.8. The summed E-state index contributed by atoms with van der Waals surface area (Å²) in [5.41, 5.74) is 1.67. The second-order valence-electron chi connectivity index (χ2n) is 4.52. The van der Waals surface area contributed by atoms with Crippen LogP contribution in [0.25, 0.3) is 11.1 Å². The Morgan fingerprint density at radius 2 is 1.42 bits per heavy atom. The molecule has 0 amide bonds. The summed E-state index contributed by atoms with van der Waals surface area (Å²) >= 11 is 0. The van der Waals surface area contributed by atoms with Crippen molar-refractivity contribution in [3.8, 4) is 11.1 Å². The van der Waals surface area contributed by atoms with Crippen molar-refractivity contribution in [3.05, 3.63) is 54.1 Å². The molecule has 2 aromatic rings. The van der Waals surface area contributed by atoms with Crippen molar-refractivity contribution in [2.45, 2.75) is 6.18 Å². The van der Waals surface area contributed by atoms with Crippen molar-refractivity contribution in [2.24, 2.45) is 0 Å². The lowest BCUT2D eigenvalue weighted by molar-refractivity contribution is -0.137. The van der Waals surface area contributed by atoms with Crippen LogP contribution in [-0.2, 0) is 6.18 Å². The number of hydrogen-bond acceptors (Lipinski definition) is 1. The Morgan fingerprint density at radius 3 is 2.00 bits per heavy atom. The average molecular weight is 265 g/mol. The van der Waals surface area contributed by atoms with Crippen LogP contribution < -0.4 is 4.90 Å². The minimum absolute atomic E-state index is 0.568. The van der Waals surface area contributed by atoms with Crippen molar-refractivity contribution in [2.75, 3.05) is 19.0 Å². The molecule has 0 atom stereocenters. The molecule has 0 N–H and O–H groups in total. The van der Waals surface area contributed by atoms with E-state index in [1.807, 2.05) is 43.3 Å². The topological polar surface area (TPSA) is 3.24 Å². The molecule has 0 unspecified atom stereocenters. The quantitative estimate of drug-likeness (QED) is 0.776. The van der Waals surface area contributed by atoms with Gasteiger partial charge >= 0.3 is 6.18 Å². The van der Waals surface area contributed by atoms with Crippen LogP contribution in [0.5, 0.6) is 0 Å². The van der Waals surface area contributed by atoms with Gasteiger partial charge < -0.3 is 4.90 Å². The number of alkyl halides is 3. The van der Waals surface area contributed by atoms with Gasteiger partial charge in [0.1, 0.15) is 0 Å². The van der Waals surface area contributed by atoms with Gasteiger partial charge in [0, 0.05) is 19.8 Å². The fraction of sp³-hybridized carbons (Fsp3) is 0.200. The average Bonchev–Trinajstić information content (AvgIpc) is 2.38. The highest BCUT2D eigenvalue weighted by Crippen LogP contribution is 2.32. The van der Waals surface area contributed by atoms with Gasteiger partial charge in [-0.05, 0) is 35.4 Å². The lowest BCUT2D eigenvalue weighted by Crippen LogP contribution is -2.08. The first kappa shape index (κ1) is 13.5. The van der Waals surface area contributed by atoms with E-state index in [1.165, 1.54) is 12.1 Å². The fourth-order valence-corrected chi connectivity index (χ4v) is 1.84. The Morgan fingerprint density at radius 1 is 0.842 bits per heavy atom. The first-order valence-electron chi connectivity index (χ1n) is 5.83. The van der Waals surface area contributed by atoms with Crippen LogP contribution in [0.15, 0.2) is 48.5 Å². The van der Waals surface area contributed by atoms with Gasteiger partial charge in [-0.1, -0.05) is 24.3 Å². The van der Waals surface area contributed by atoms with E-state index in [0.29, 0.717) is 5.56 Å². The van der Waals surface area contributed by atoms with Crippen LogP contribution >= 0.6 is 0 Å². The van der Waals surface area contributed by atoms with Gasteiger partial charge in [0.2, 0.25) is 0 Å². The van der Waals surface area contributed by atoms with Crippen LogP contribution in [0.2, 0.25) is 0 Å². The molecule has 0 bridgehead atoms. The number of benzene rings is 2. The third-order valence-corrected chi connectivity index (χ3v) is 2.89. The number of hydrogen-bond donors (Lipinski definition) is 0. The standard InChI is InChI=1S/C15H14F3N/c1-19(2)14-8-4-6-12(10-14)11-5-3-7-13(9-11)15(16,17)18/h3-10H,1-2H3. The van der Waals surface area contributed by atoms with Crippen LogP contribution in [0.1, 0.15) is 5.56 Å². The van der Waals surface area contributed by atoms with Gasteiger partial charge in [0.05, 0.1) is 5.56 Å². The zero-order valence-corrected chi connectivity index (χ0v) is 10.7. The second kappa shape index (κ2) is 4.96. The van der Waals surface area contributed by atoms with E-state index < -0.39 is 11.7 Å². The maximum absolute atomic E-state index is 12.7. The largest absolute Gasteiger partial charge is 0.416 e. The molecule has 0 aliphatic carbocycles. The molecule has 0 aliphatic heterocycles. The van der Waals surface area contributed by atoms with E-state index >= 15 is 0 Å². The van der Waals surface area contributed by atoms with Gasteiger partial charge in [-0.15, -0.1) is 0 Å². The van der Waals surface area contributed by atoms with E-state index in [0.717, 1.165) is 17.3 Å². The molecule has 0 heterocycles. The number of nitrogens with zero attached hydrogens (tertiary/aromatic N) is 1. The second-order valence-corrected chi connectivity index (χ2v) is 4.52. The predicted octanol–water partition coefficient (Wildman–Crippen LogP) is 4.44. The molecule has 1 nitrogen and oxygen atoms in total. The molecule has 0 saturated carbocycles. The normalized spacial score (nSPS) is 11.4. The number of rotatable bonds is 2. The molecule has 2 aromatic carbocycles. The highest BCUT2D eigenvalue weighted by molar-refractivity contribution is 5.69. The Labute approximate surface area is 110 Å². The molecule has 2 rings (SSSR count). The molecule has 0 radical (unpaired) electrons. The van der Waals surface area contributed by atoms with Crippen molar-refractivity contribution < 1.29 is 13.2 Å². The summed E-state index contributed by atoms with van der Waals surface area (Å²) in [4.78, 5) is 1.91. The summed E-state index contributed by atoms with van der Waals surface area (Å²) < 4.78 is 38.0.